The second-order valence-corrected chi connectivity index (χ2v) is 4.26. The molecule has 0 radical (unpaired) electrons. The van der Waals surface area contributed by atoms with Crippen molar-refractivity contribution in [3.05, 3.63) is 12.3 Å². The molecule has 6 heteroatoms. The van der Waals surface area contributed by atoms with Crippen LogP contribution in [0.5, 0.6) is 0 Å². The zero-order valence-electron chi connectivity index (χ0n) is 13.5. The summed E-state index contributed by atoms with van der Waals surface area (Å²) in [5, 5.41) is 3.01. The molecule has 0 rings (SSSR count). The fourth-order valence-corrected chi connectivity index (χ4v) is 1.28. The largest absolute Gasteiger partial charge is 0.501 e. The van der Waals surface area contributed by atoms with Crippen LogP contribution in [0.3, 0.4) is 0 Å². The average molecular weight is 305 g/mol. The molecule has 0 aromatic rings. The second kappa shape index (κ2) is 19.3. The minimum atomic E-state index is 0.549. The van der Waals surface area contributed by atoms with E-state index in [2.05, 4.69) is 12.2 Å². The van der Waals surface area contributed by atoms with Gasteiger partial charge in [-0.3, -0.25) is 0 Å². The molecule has 126 valence electrons. The van der Waals surface area contributed by atoms with Gasteiger partial charge in [-0.25, -0.2) is 0 Å². The molecule has 0 heterocycles. The number of rotatable bonds is 17. The van der Waals surface area contributed by atoms with Crippen molar-refractivity contribution in [3.8, 4) is 0 Å². The van der Waals surface area contributed by atoms with Gasteiger partial charge in [0, 0.05) is 6.54 Å². The standard InChI is InChI=1S/C15H31NO5/c1-3-6-17-7-4-8-18-10-12-20-14-15-21-13-11-19-9-5-16-2/h4,7,16H,3,5-6,8-15H2,1-2H3/b7-4+. The maximum absolute atomic E-state index is 5.37. The van der Waals surface area contributed by atoms with E-state index in [1.807, 2.05) is 13.1 Å². The van der Waals surface area contributed by atoms with E-state index >= 15 is 0 Å². The third-order valence-corrected chi connectivity index (χ3v) is 2.34. The van der Waals surface area contributed by atoms with E-state index in [0.717, 1.165) is 19.6 Å². The molecule has 0 aromatic carbocycles. The molecular formula is C15H31NO5. The highest BCUT2D eigenvalue weighted by Crippen LogP contribution is 1.85. The third kappa shape index (κ3) is 19.3. The topological polar surface area (TPSA) is 58.2 Å². The number of nitrogens with one attached hydrogen (secondary N) is 1. The van der Waals surface area contributed by atoms with Crippen molar-refractivity contribution in [3.63, 3.8) is 0 Å². The van der Waals surface area contributed by atoms with E-state index in [4.69, 9.17) is 23.7 Å². The van der Waals surface area contributed by atoms with Crippen LogP contribution in [0.1, 0.15) is 13.3 Å². The van der Waals surface area contributed by atoms with Gasteiger partial charge in [0.05, 0.1) is 65.7 Å². The van der Waals surface area contributed by atoms with Crippen LogP contribution < -0.4 is 5.32 Å². The van der Waals surface area contributed by atoms with Gasteiger partial charge in [-0.1, -0.05) is 6.92 Å². The monoisotopic (exact) mass is 305 g/mol. The predicted molar refractivity (Wildman–Crippen MR) is 82.6 cm³/mol. The summed E-state index contributed by atoms with van der Waals surface area (Å²) >= 11 is 0. The van der Waals surface area contributed by atoms with Gasteiger partial charge in [0.15, 0.2) is 0 Å². The summed E-state index contributed by atoms with van der Waals surface area (Å²) in [5.41, 5.74) is 0. The summed E-state index contributed by atoms with van der Waals surface area (Å²) in [6.07, 6.45) is 4.55. The lowest BCUT2D eigenvalue weighted by molar-refractivity contribution is 0.00129. The van der Waals surface area contributed by atoms with E-state index in [0.29, 0.717) is 52.9 Å². The first-order valence-electron chi connectivity index (χ1n) is 7.64. The predicted octanol–water partition coefficient (Wildman–Crippen LogP) is 1.21. The molecule has 0 aliphatic heterocycles. The Hall–Kier alpha value is -0.660. The van der Waals surface area contributed by atoms with Gasteiger partial charge < -0.3 is 29.0 Å². The van der Waals surface area contributed by atoms with E-state index in [-0.39, 0.29) is 0 Å². The van der Waals surface area contributed by atoms with Crippen LogP contribution in [0.2, 0.25) is 0 Å². The number of likely N-dealkylation sites (N-methyl/N-ethyl adjacent to an activating group) is 1. The normalized spacial score (nSPS) is 11.3. The lowest BCUT2D eigenvalue weighted by atomic mass is 10.5. The van der Waals surface area contributed by atoms with Crippen LogP contribution in [0.25, 0.3) is 0 Å². The van der Waals surface area contributed by atoms with E-state index < -0.39 is 0 Å². The van der Waals surface area contributed by atoms with Crippen LogP contribution in [-0.2, 0) is 23.7 Å². The van der Waals surface area contributed by atoms with Crippen LogP contribution >= 0.6 is 0 Å². The maximum Gasteiger partial charge on any atom is 0.0870 e. The first-order chi connectivity index (χ1) is 10.4. The quantitative estimate of drug-likeness (QED) is 0.322. The molecule has 0 atom stereocenters. The van der Waals surface area contributed by atoms with E-state index in [1.165, 1.54) is 0 Å². The smallest absolute Gasteiger partial charge is 0.0870 e. The molecule has 0 amide bonds. The Labute approximate surface area is 128 Å². The van der Waals surface area contributed by atoms with Gasteiger partial charge in [0.2, 0.25) is 0 Å². The van der Waals surface area contributed by atoms with Crippen molar-refractivity contribution in [2.75, 3.05) is 73.1 Å². The third-order valence-electron chi connectivity index (χ3n) is 2.34. The summed E-state index contributed by atoms with van der Waals surface area (Å²) in [6.45, 7) is 8.49. The highest BCUT2D eigenvalue weighted by atomic mass is 16.6. The summed E-state index contributed by atoms with van der Waals surface area (Å²) in [6, 6.07) is 0. The Morgan fingerprint density at radius 3 is 1.90 bits per heavy atom. The van der Waals surface area contributed by atoms with Gasteiger partial charge in [0.1, 0.15) is 0 Å². The van der Waals surface area contributed by atoms with E-state index in [1.54, 1.807) is 6.26 Å². The van der Waals surface area contributed by atoms with Gasteiger partial charge in [-0.05, 0) is 19.5 Å². The number of ether oxygens (including phenoxy) is 5. The average Bonchev–Trinajstić information content (AvgIpc) is 2.50. The Morgan fingerprint density at radius 1 is 0.762 bits per heavy atom. The van der Waals surface area contributed by atoms with Crippen LogP contribution in [0, 0.1) is 0 Å². The molecule has 21 heavy (non-hydrogen) atoms. The van der Waals surface area contributed by atoms with Crippen molar-refractivity contribution in [1.29, 1.82) is 0 Å². The van der Waals surface area contributed by atoms with Crippen LogP contribution in [-0.4, -0.2) is 73.1 Å². The Kier molecular flexibility index (Phi) is 18.7. The molecular weight excluding hydrogens is 274 g/mol. The first-order valence-corrected chi connectivity index (χ1v) is 7.64. The molecule has 0 aromatic heterocycles. The Morgan fingerprint density at radius 2 is 1.33 bits per heavy atom. The Bertz CT molecular complexity index is 214. The summed E-state index contributed by atoms with van der Waals surface area (Å²) in [5.74, 6) is 0. The lowest BCUT2D eigenvalue weighted by Crippen LogP contribution is -2.17. The number of hydrogen-bond donors (Lipinski definition) is 1. The second-order valence-electron chi connectivity index (χ2n) is 4.26. The fraction of sp³-hybridized carbons (Fsp3) is 0.867. The van der Waals surface area contributed by atoms with Gasteiger partial charge in [-0.2, -0.15) is 0 Å². The van der Waals surface area contributed by atoms with E-state index in [9.17, 15) is 0 Å². The van der Waals surface area contributed by atoms with Gasteiger partial charge >= 0.3 is 0 Å². The summed E-state index contributed by atoms with van der Waals surface area (Å²) in [7, 11) is 1.90. The molecule has 0 fully saturated rings. The minimum absolute atomic E-state index is 0.549. The molecule has 0 spiro atoms. The molecule has 0 aliphatic rings. The molecule has 0 unspecified atom stereocenters. The van der Waals surface area contributed by atoms with Gasteiger partial charge in [0.25, 0.3) is 0 Å². The summed E-state index contributed by atoms with van der Waals surface area (Å²) < 4.78 is 26.6. The minimum Gasteiger partial charge on any atom is -0.501 e. The zero-order chi connectivity index (χ0) is 15.4. The Balaban J connectivity index is 2.98. The zero-order valence-corrected chi connectivity index (χ0v) is 13.5. The highest BCUT2D eigenvalue weighted by molar-refractivity contribution is 4.72. The fourth-order valence-electron chi connectivity index (χ4n) is 1.28. The molecule has 1 N–H and O–H groups in total. The van der Waals surface area contributed by atoms with Crippen molar-refractivity contribution < 1.29 is 23.7 Å². The maximum atomic E-state index is 5.37. The van der Waals surface area contributed by atoms with Crippen LogP contribution in [0.4, 0.5) is 0 Å². The van der Waals surface area contributed by atoms with Crippen molar-refractivity contribution in [1.82, 2.24) is 5.32 Å². The first kappa shape index (κ1) is 20.3. The molecule has 0 saturated carbocycles. The molecule has 0 aliphatic carbocycles. The SMILES string of the molecule is CCCO/C=C/COCCOCCOCCOCCNC. The van der Waals surface area contributed by atoms with Crippen molar-refractivity contribution in [2.24, 2.45) is 0 Å². The highest BCUT2D eigenvalue weighted by Gasteiger charge is 1.91. The number of hydrogen-bond acceptors (Lipinski definition) is 6. The van der Waals surface area contributed by atoms with Crippen molar-refractivity contribution in [2.45, 2.75) is 13.3 Å². The lowest BCUT2D eigenvalue weighted by Gasteiger charge is -2.06. The molecule has 0 bridgehead atoms. The molecule has 0 saturated heterocycles. The van der Waals surface area contributed by atoms with Gasteiger partial charge in [-0.15, -0.1) is 0 Å². The summed E-state index contributed by atoms with van der Waals surface area (Å²) in [4.78, 5) is 0. The molecule has 6 nitrogen and oxygen atoms in total. The van der Waals surface area contributed by atoms with Crippen molar-refractivity contribution >= 4 is 0 Å². The van der Waals surface area contributed by atoms with Crippen LogP contribution in [0.15, 0.2) is 12.3 Å².